The summed E-state index contributed by atoms with van der Waals surface area (Å²) in [6, 6.07) is 14.9. The summed E-state index contributed by atoms with van der Waals surface area (Å²) in [6.07, 6.45) is 0.908. The Morgan fingerprint density at radius 1 is 0.675 bits per heavy atom. The molecule has 3 aromatic rings. The van der Waals surface area contributed by atoms with E-state index in [1.807, 2.05) is 42.5 Å². The smallest absolute Gasteiger partial charge is 0.203 e. The number of nitrogens with one attached hydrogen (secondary N) is 2. The Labute approximate surface area is 234 Å². The fourth-order valence-electron chi connectivity index (χ4n) is 5.58. The van der Waals surface area contributed by atoms with E-state index >= 15 is 0 Å². The Balaban J connectivity index is 1.65. The van der Waals surface area contributed by atoms with E-state index in [2.05, 4.69) is 10.6 Å². The first-order valence-electron chi connectivity index (χ1n) is 12.9. The molecule has 1 aliphatic carbocycles. The maximum absolute atomic E-state index is 14.1. The number of allylic oxidation sites excluding steroid dienone is 1. The summed E-state index contributed by atoms with van der Waals surface area (Å²) in [7, 11) is 9.52. The van der Waals surface area contributed by atoms with Gasteiger partial charge < -0.3 is 39.1 Å². The van der Waals surface area contributed by atoms with E-state index < -0.39 is 6.04 Å². The fraction of sp³-hybridized carbons (Fsp3) is 0.323. The predicted molar refractivity (Wildman–Crippen MR) is 153 cm³/mol. The minimum Gasteiger partial charge on any atom is -0.496 e. The average molecular weight is 547 g/mol. The molecule has 0 radical (unpaired) electrons. The van der Waals surface area contributed by atoms with E-state index in [1.54, 1.807) is 48.7 Å². The molecule has 0 saturated carbocycles. The summed E-state index contributed by atoms with van der Waals surface area (Å²) in [5, 5.41) is 7.17. The molecule has 2 aliphatic rings. The Bertz CT molecular complexity index is 1440. The molecule has 1 heterocycles. The second-order valence-electron chi connectivity index (χ2n) is 9.58. The molecule has 210 valence electrons. The van der Waals surface area contributed by atoms with E-state index in [4.69, 9.17) is 28.4 Å². The Morgan fingerprint density at radius 3 is 1.88 bits per heavy atom. The molecule has 0 amide bonds. The van der Waals surface area contributed by atoms with Gasteiger partial charge in [-0.3, -0.25) is 4.79 Å². The van der Waals surface area contributed by atoms with E-state index in [1.165, 1.54) is 0 Å². The third-order valence-electron chi connectivity index (χ3n) is 7.51. The lowest BCUT2D eigenvalue weighted by molar-refractivity contribution is -0.116. The van der Waals surface area contributed by atoms with Gasteiger partial charge in [-0.05, 0) is 48.2 Å². The Morgan fingerprint density at radius 2 is 1.27 bits per heavy atom. The van der Waals surface area contributed by atoms with Gasteiger partial charge in [0, 0.05) is 29.3 Å². The third kappa shape index (κ3) is 4.72. The van der Waals surface area contributed by atoms with Gasteiger partial charge in [-0.1, -0.05) is 12.1 Å². The summed E-state index contributed by atoms with van der Waals surface area (Å²) < 4.78 is 33.6. The van der Waals surface area contributed by atoms with Crippen LogP contribution >= 0.6 is 0 Å². The molecule has 1 aliphatic heterocycles. The van der Waals surface area contributed by atoms with Gasteiger partial charge in [0.1, 0.15) is 5.75 Å². The van der Waals surface area contributed by atoms with Crippen LogP contribution in [0.3, 0.4) is 0 Å². The second kappa shape index (κ2) is 11.3. The van der Waals surface area contributed by atoms with Crippen LogP contribution in [0.15, 0.2) is 59.8 Å². The molecule has 0 saturated heterocycles. The minimum atomic E-state index is -0.491. The molecular formula is C31H34N2O7. The van der Waals surface area contributed by atoms with Crippen molar-refractivity contribution in [2.75, 3.05) is 53.3 Å². The maximum atomic E-state index is 14.1. The van der Waals surface area contributed by atoms with Crippen LogP contribution in [-0.4, -0.2) is 48.4 Å². The van der Waals surface area contributed by atoms with Crippen LogP contribution in [0.2, 0.25) is 0 Å². The first-order chi connectivity index (χ1) is 19.5. The second-order valence-corrected chi connectivity index (χ2v) is 9.58. The lowest BCUT2D eigenvalue weighted by Crippen LogP contribution is -2.27. The lowest BCUT2D eigenvalue weighted by atomic mass is 9.78. The molecule has 0 bridgehead atoms. The number of para-hydroxylation sites is 2. The molecule has 3 aromatic carbocycles. The monoisotopic (exact) mass is 546 g/mol. The van der Waals surface area contributed by atoms with Crippen molar-refractivity contribution < 1.29 is 33.2 Å². The van der Waals surface area contributed by atoms with Crippen molar-refractivity contribution in [3.8, 4) is 34.5 Å². The number of rotatable bonds is 8. The van der Waals surface area contributed by atoms with Crippen molar-refractivity contribution in [1.82, 2.24) is 0 Å². The number of ketones is 1. The van der Waals surface area contributed by atoms with Crippen LogP contribution in [0, 0.1) is 0 Å². The van der Waals surface area contributed by atoms with Crippen LogP contribution < -0.4 is 39.1 Å². The summed E-state index contributed by atoms with van der Waals surface area (Å²) >= 11 is 0. The van der Waals surface area contributed by atoms with Crippen LogP contribution in [0.5, 0.6) is 34.5 Å². The number of anilines is 2. The molecule has 0 fully saturated rings. The van der Waals surface area contributed by atoms with Crippen molar-refractivity contribution in [3.63, 3.8) is 0 Å². The van der Waals surface area contributed by atoms with Crippen molar-refractivity contribution in [3.05, 3.63) is 70.9 Å². The Kier molecular flexibility index (Phi) is 7.64. The third-order valence-corrected chi connectivity index (χ3v) is 7.51. The highest BCUT2D eigenvalue weighted by atomic mass is 16.5. The maximum Gasteiger partial charge on any atom is 0.203 e. The summed E-state index contributed by atoms with van der Waals surface area (Å²) in [6.45, 7) is 0. The molecule has 9 heteroatoms. The number of fused-ring (bicyclic) bond motifs is 1. The van der Waals surface area contributed by atoms with E-state index in [-0.39, 0.29) is 11.7 Å². The number of Topliss-reactive ketones (excluding diaryl/α,β-unsaturated/α-hetero) is 1. The van der Waals surface area contributed by atoms with Crippen molar-refractivity contribution in [1.29, 1.82) is 0 Å². The zero-order valence-electron chi connectivity index (χ0n) is 23.5. The van der Waals surface area contributed by atoms with Gasteiger partial charge in [-0.25, -0.2) is 0 Å². The van der Waals surface area contributed by atoms with Crippen LogP contribution in [0.4, 0.5) is 11.4 Å². The van der Waals surface area contributed by atoms with Gasteiger partial charge in [0.15, 0.2) is 28.8 Å². The first kappa shape index (κ1) is 27.1. The highest BCUT2D eigenvalue weighted by molar-refractivity contribution is 6.01. The molecule has 40 heavy (non-hydrogen) atoms. The number of benzene rings is 3. The van der Waals surface area contributed by atoms with Gasteiger partial charge in [0.25, 0.3) is 0 Å². The molecule has 0 aromatic heterocycles. The predicted octanol–water partition coefficient (Wildman–Crippen LogP) is 5.72. The van der Waals surface area contributed by atoms with Crippen molar-refractivity contribution in [2.24, 2.45) is 0 Å². The molecule has 0 spiro atoms. The van der Waals surface area contributed by atoms with Crippen LogP contribution in [0.25, 0.3) is 0 Å². The van der Waals surface area contributed by atoms with Gasteiger partial charge >= 0.3 is 0 Å². The quantitative estimate of drug-likeness (QED) is 0.368. The highest BCUT2D eigenvalue weighted by Gasteiger charge is 2.38. The van der Waals surface area contributed by atoms with Gasteiger partial charge in [-0.2, -0.15) is 0 Å². The molecular weight excluding hydrogens is 512 g/mol. The molecule has 2 N–H and O–H groups in total. The summed E-state index contributed by atoms with van der Waals surface area (Å²) in [5.41, 5.74) is 4.96. The Hall–Kier alpha value is -4.53. The molecule has 2 unspecified atom stereocenters. The number of hydrogen-bond donors (Lipinski definition) is 2. The van der Waals surface area contributed by atoms with Crippen molar-refractivity contribution in [2.45, 2.75) is 24.8 Å². The zero-order valence-corrected chi connectivity index (χ0v) is 23.5. The van der Waals surface area contributed by atoms with Crippen LogP contribution in [0.1, 0.15) is 35.9 Å². The molecule has 2 atom stereocenters. The largest absolute Gasteiger partial charge is 0.496 e. The van der Waals surface area contributed by atoms with E-state index in [0.29, 0.717) is 52.9 Å². The van der Waals surface area contributed by atoms with E-state index in [0.717, 1.165) is 28.2 Å². The lowest BCUT2D eigenvalue weighted by Gasteiger charge is -2.31. The minimum absolute atomic E-state index is 0.0228. The number of hydrogen-bond acceptors (Lipinski definition) is 9. The number of methoxy groups -OCH3 is 6. The SMILES string of the molecule is COc1cc(OC)c(C2Nc3ccccc3NC3=C2C(=O)CC(c2cc(OC)c(OC)c(OC)c2)C3)cc1OC. The highest BCUT2D eigenvalue weighted by Crippen LogP contribution is 2.49. The van der Waals surface area contributed by atoms with Crippen molar-refractivity contribution >= 4 is 17.2 Å². The number of ether oxygens (including phenoxy) is 6. The summed E-state index contributed by atoms with van der Waals surface area (Å²) in [4.78, 5) is 14.1. The van der Waals surface area contributed by atoms with Crippen LogP contribution in [-0.2, 0) is 4.79 Å². The zero-order chi connectivity index (χ0) is 28.4. The molecule has 9 nitrogen and oxygen atoms in total. The van der Waals surface area contributed by atoms with Gasteiger partial charge in [0.05, 0.1) is 60.1 Å². The first-order valence-corrected chi connectivity index (χ1v) is 12.9. The standard InChI is InChI=1S/C31H34N2O7/c1-35-24-16-26(37-3)25(36-2)15-19(24)30-29-22(32-20-9-7-8-10-21(20)33-30)11-17(12-23(29)34)18-13-27(38-4)31(40-6)28(14-18)39-5/h7-10,13-17,30,32-33H,11-12H2,1-6H3. The molecule has 5 rings (SSSR count). The summed E-state index contributed by atoms with van der Waals surface area (Å²) in [5.74, 6) is 3.22. The normalized spacial score (nSPS) is 17.9. The average Bonchev–Trinajstić information content (AvgIpc) is 3.16. The number of carbonyl (C=O) groups is 1. The fourth-order valence-corrected chi connectivity index (χ4v) is 5.58. The van der Waals surface area contributed by atoms with Gasteiger partial charge in [0.2, 0.25) is 5.75 Å². The topological polar surface area (TPSA) is 96.5 Å². The van der Waals surface area contributed by atoms with Gasteiger partial charge in [-0.15, -0.1) is 0 Å². The number of carbonyl (C=O) groups excluding carboxylic acids is 1. The van der Waals surface area contributed by atoms with E-state index in [9.17, 15) is 4.79 Å².